The Morgan fingerprint density at radius 1 is 1.13 bits per heavy atom. The van der Waals surface area contributed by atoms with Gasteiger partial charge >= 0.3 is 0 Å². The van der Waals surface area contributed by atoms with Gasteiger partial charge in [0.25, 0.3) is 5.91 Å². The van der Waals surface area contributed by atoms with Crippen molar-refractivity contribution in [2.24, 2.45) is 5.10 Å². The molecule has 152 valence electrons. The van der Waals surface area contributed by atoms with Gasteiger partial charge in [-0.3, -0.25) is 4.79 Å². The highest BCUT2D eigenvalue weighted by molar-refractivity contribution is 8.23. The van der Waals surface area contributed by atoms with Crippen molar-refractivity contribution in [3.8, 4) is 28.4 Å². The number of thioether (sulfide) groups is 1. The zero-order chi connectivity index (χ0) is 21.1. The van der Waals surface area contributed by atoms with E-state index in [-0.39, 0.29) is 5.91 Å². The lowest BCUT2D eigenvalue weighted by Crippen LogP contribution is -2.22. The third kappa shape index (κ3) is 3.94. The maximum absolute atomic E-state index is 12.0. The molecule has 1 aromatic heterocycles. The molecule has 0 bridgehead atoms. The van der Waals surface area contributed by atoms with Crippen molar-refractivity contribution >= 4 is 40.4 Å². The van der Waals surface area contributed by atoms with E-state index >= 15 is 0 Å². The number of hydrogen-bond donors (Lipinski definition) is 0. The molecular formula is C21H18N4O3S2. The van der Waals surface area contributed by atoms with Crippen LogP contribution in [0.3, 0.4) is 0 Å². The van der Waals surface area contributed by atoms with Crippen molar-refractivity contribution in [1.29, 1.82) is 0 Å². The van der Waals surface area contributed by atoms with Gasteiger partial charge in [0.15, 0.2) is 15.8 Å². The number of thiocarbonyl (C=S) groups is 1. The van der Waals surface area contributed by atoms with Crippen molar-refractivity contribution in [3.05, 3.63) is 60.3 Å². The Morgan fingerprint density at radius 3 is 2.57 bits per heavy atom. The maximum atomic E-state index is 12.0. The zero-order valence-corrected chi connectivity index (χ0v) is 17.9. The van der Waals surface area contributed by atoms with Gasteiger partial charge in [0.1, 0.15) is 5.69 Å². The first-order valence-corrected chi connectivity index (χ1v) is 10.4. The van der Waals surface area contributed by atoms with Crippen LogP contribution in [0.4, 0.5) is 0 Å². The number of amides is 1. The van der Waals surface area contributed by atoms with Gasteiger partial charge in [0.05, 0.1) is 31.9 Å². The fourth-order valence-electron chi connectivity index (χ4n) is 2.98. The molecule has 0 saturated carbocycles. The first-order valence-electron chi connectivity index (χ1n) is 9.02. The maximum Gasteiger partial charge on any atom is 0.259 e. The molecular weight excluding hydrogens is 420 g/mol. The summed E-state index contributed by atoms with van der Waals surface area (Å²) in [4.78, 5) is 12.0. The Bertz CT molecular complexity index is 1110. The third-order valence-electron chi connectivity index (χ3n) is 4.46. The molecule has 0 aliphatic carbocycles. The predicted octanol–water partition coefficient (Wildman–Crippen LogP) is 3.75. The summed E-state index contributed by atoms with van der Waals surface area (Å²) in [6, 6.07) is 15.3. The molecule has 2 heterocycles. The minimum Gasteiger partial charge on any atom is -0.493 e. The Balaban J connectivity index is 1.79. The summed E-state index contributed by atoms with van der Waals surface area (Å²) < 4.78 is 13.0. The second kappa shape index (κ2) is 8.68. The minimum atomic E-state index is -0.135. The van der Waals surface area contributed by atoms with E-state index < -0.39 is 0 Å². The number of aromatic nitrogens is 2. The van der Waals surface area contributed by atoms with Gasteiger partial charge in [0.2, 0.25) is 0 Å². The first-order chi connectivity index (χ1) is 14.6. The Morgan fingerprint density at radius 2 is 1.90 bits per heavy atom. The van der Waals surface area contributed by atoms with Crippen LogP contribution in [0.25, 0.3) is 16.9 Å². The molecule has 0 spiro atoms. The molecule has 7 nitrogen and oxygen atoms in total. The number of ether oxygens (including phenoxy) is 2. The fourth-order valence-corrected chi connectivity index (χ4v) is 3.95. The van der Waals surface area contributed by atoms with Gasteiger partial charge in [-0.2, -0.15) is 15.2 Å². The van der Waals surface area contributed by atoms with Crippen LogP contribution in [0, 0.1) is 0 Å². The van der Waals surface area contributed by atoms with Crippen molar-refractivity contribution in [3.63, 3.8) is 0 Å². The standard InChI is InChI=1S/C21H18N4O3S2/c1-27-17-9-8-14(10-18(17)28-2)20-15(11-22-25-19(26)13-30-21(25)29)12-24(23-20)16-6-4-3-5-7-16/h3-12H,13H2,1-2H3. The number of hydrogen-bond acceptors (Lipinski definition) is 7. The number of carbonyl (C=O) groups excluding carboxylic acids is 1. The monoisotopic (exact) mass is 438 g/mol. The van der Waals surface area contributed by atoms with Crippen LogP contribution in [-0.2, 0) is 4.79 Å². The Labute approximate surface area is 183 Å². The fraction of sp³-hybridized carbons (Fsp3) is 0.143. The molecule has 1 aliphatic heterocycles. The lowest BCUT2D eigenvalue weighted by Gasteiger charge is -2.09. The van der Waals surface area contributed by atoms with E-state index in [0.29, 0.717) is 27.3 Å². The van der Waals surface area contributed by atoms with E-state index in [1.807, 2.05) is 54.7 Å². The molecule has 0 unspecified atom stereocenters. The molecule has 1 amide bonds. The summed E-state index contributed by atoms with van der Waals surface area (Å²) in [7, 11) is 3.18. The van der Waals surface area contributed by atoms with Gasteiger partial charge in [-0.1, -0.05) is 42.2 Å². The summed E-state index contributed by atoms with van der Waals surface area (Å²) in [6.07, 6.45) is 3.47. The number of rotatable bonds is 6. The van der Waals surface area contributed by atoms with E-state index in [0.717, 1.165) is 16.8 Å². The number of nitrogens with zero attached hydrogens (tertiary/aromatic N) is 4. The topological polar surface area (TPSA) is 69.0 Å². The number of para-hydroxylation sites is 1. The number of hydrazone groups is 1. The highest BCUT2D eigenvalue weighted by Gasteiger charge is 2.26. The van der Waals surface area contributed by atoms with Crippen LogP contribution in [0.15, 0.2) is 59.8 Å². The largest absolute Gasteiger partial charge is 0.493 e. The third-order valence-corrected chi connectivity index (χ3v) is 5.80. The van der Waals surface area contributed by atoms with Gasteiger partial charge in [0, 0.05) is 17.3 Å². The molecule has 1 fully saturated rings. The van der Waals surface area contributed by atoms with Crippen molar-refractivity contribution in [1.82, 2.24) is 14.8 Å². The average Bonchev–Trinajstić information content (AvgIpc) is 3.35. The molecule has 1 aliphatic rings. The Kier molecular flexibility index (Phi) is 5.82. The number of methoxy groups -OCH3 is 2. The molecule has 4 rings (SSSR count). The molecule has 9 heteroatoms. The zero-order valence-electron chi connectivity index (χ0n) is 16.3. The molecule has 2 aromatic carbocycles. The van der Waals surface area contributed by atoms with Crippen LogP contribution >= 0.6 is 24.0 Å². The van der Waals surface area contributed by atoms with Crippen LogP contribution in [-0.4, -0.2) is 51.2 Å². The van der Waals surface area contributed by atoms with E-state index in [1.54, 1.807) is 25.1 Å². The second-order valence-electron chi connectivity index (χ2n) is 6.29. The average molecular weight is 439 g/mol. The molecule has 0 atom stereocenters. The summed E-state index contributed by atoms with van der Waals surface area (Å²) in [5.74, 6) is 1.40. The van der Waals surface area contributed by atoms with E-state index in [4.69, 9.17) is 26.8 Å². The lowest BCUT2D eigenvalue weighted by atomic mass is 10.1. The molecule has 0 radical (unpaired) electrons. The SMILES string of the molecule is COc1ccc(-c2nn(-c3ccccc3)cc2C=NN2C(=O)CSC2=S)cc1OC. The van der Waals surface area contributed by atoms with Crippen molar-refractivity contribution < 1.29 is 14.3 Å². The van der Waals surface area contributed by atoms with Gasteiger partial charge in [-0.05, 0) is 30.3 Å². The quantitative estimate of drug-likeness (QED) is 0.431. The summed E-state index contributed by atoms with van der Waals surface area (Å²) >= 11 is 6.51. The van der Waals surface area contributed by atoms with Crippen LogP contribution in [0.1, 0.15) is 5.56 Å². The van der Waals surface area contributed by atoms with Crippen LogP contribution in [0.2, 0.25) is 0 Å². The van der Waals surface area contributed by atoms with Crippen molar-refractivity contribution in [2.75, 3.05) is 20.0 Å². The second-order valence-corrected chi connectivity index (χ2v) is 7.90. The summed E-state index contributed by atoms with van der Waals surface area (Å²) in [6.45, 7) is 0. The smallest absolute Gasteiger partial charge is 0.259 e. The Hall–Kier alpha value is -3.17. The van der Waals surface area contributed by atoms with Crippen molar-refractivity contribution in [2.45, 2.75) is 0 Å². The number of carbonyl (C=O) groups is 1. The first kappa shape index (κ1) is 20.1. The highest BCUT2D eigenvalue weighted by Crippen LogP contribution is 2.33. The van der Waals surface area contributed by atoms with Crippen LogP contribution < -0.4 is 9.47 Å². The summed E-state index contributed by atoms with van der Waals surface area (Å²) in [5, 5.41) is 10.3. The molecule has 3 aromatic rings. The van der Waals surface area contributed by atoms with E-state index in [9.17, 15) is 4.79 Å². The predicted molar refractivity (Wildman–Crippen MR) is 122 cm³/mol. The molecule has 0 N–H and O–H groups in total. The van der Waals surface area contributed by atoms with E-state index in [2.05, 4.69) is 5.10 Å². The normalized spacial score (nSPS) is 14.0. The van der Waals surface area contributed by atoms with Gasteiger partial charge in [-0.25, -0.2) is 4.68 Å². The number of benzene rings is 2. The van der Waals surface area contributed by atoms with E-state index in [1.165, 1.54) is 16.8 Å². The minimum absolute atomic E-state index is 0.135. The van der Waals surface area contributed by atoms with Gasteiger partial charge in [-0.15, -0.1) is 0 Å². The molecule has 1 saturated heterocycles. The lowest BCUT2D eigenvalue weighted by molar-refractivity contribution is -0.123. The van der Waals surface area contributed by atoms with Crippen LogP contribution in [0.5, 0.6) is 11.5 Å². The summed E-state index contributed by atoms with van der Waals surface area (Å²) in [5.41, 5.74) is 3.16. The molecule has 30 heavy (non-hydrogen) atoms. The highest BCUT2D eigenvalue weighted by atomic mass is 32.2. The van der Waals surface area contributed by atoms with Gasteiger partial charge < -0.3 is 9.47 Å².